The van der Waals surface area contributed by atoms with E-state index in [1.165, 1.54) is 0 Å². The van der Waals surface area contributed by atoms with E-state index in [-0.39, 0.29) is 25.3 Å². The third-order valence-electron chi connectivity index (χ3n) is 2.04. The third kappa shape index (κ3) is 3.01. The Morgan fingerprint density at radius 2 is 2.29 bits per heavy atom. The molecule has 0 bridgehead atoms. The van der Waals surface area contributed by atoms with Gasteiger partial charge in [0.05, 0.1) is 25.3 Å². The number of hydrogen-bond acceptors (Lipinski definition) is 5. The molecule has 1 rings (SSSR count). The van der Waals surface area contributed by atoms with Crippen LogP contribution < -0.4 is 11.1 Å². The van der Waals surface area contributed by atoms with Gasteiger partial charge in [0.1, 0.15) is 5.84 Å². The summed E-state index contributed by atoms with van der Waals surface area (Å²) in [5.41, 5.74) is 6.50. The molecule has 80 valence electrons. The second kappa shape index (κ2) is 4.97. The number of nitrogens with two attached hydrogens (primary N) is 1. The van der Waals surface area contributed by atoms with Crippen LogP contribution in [0.15, 0.2) is 16.8 Å². The predicted molar refractivity (Wildman–Crippen MR) is 54.9 cm³/mol. The van der Waals surface area contributed by atoms with Crippen LogP contribution in [0.2, 0.25) is 0 Å². The lowest BCUT2D eigenvalue weighted by Crippen LogP contribution is -2.37. The van der Waals surface area contributed by atoms with Crippen LogP contribution in [0.4, 0.5) is 0 Å². The number of amidine groups is 1. The molecule has 1 atom stereocenters. The molecule has 0 saturated heterocycles. The Kier molecular flexibility index (Phi) is 3.91. The molecule has 0 aromatic carbocycles. The van der Waals surface area contributed by atoms with Crippen molar-refractivity contribution in [1.29, 1.82) is 0 Å². The van der Waals surface area contributed by atoms with Gasteiger partial charge in [0.25, 0.3) is 0 Å². The number of nitrogens with zero attached hydrogens (tertiary/aromatic N) is 1. The quantitative estimate of drug-likeness (QED) is 0.465. The van der Waals surface area contributed by atoms with Crippen LogP contribution in [0, 0.1) is 0 Å². The van der Waals surface area contributed by atoms with Gasteiger partial charge in [-0.2, -0.15) is 0 Å². The van der Waals surface area contributed by atoms with E-state index in [1.54, 1.807) is 6.08 Å². The fraction of sp³-hybridized carbons (Fsp3) is 0.667. The van der Waals surface area contributed by atoms with Crippen LogP contribution in [-0.4, -0.2) is 41.3 Å². The van der Waals surface area contributed by atoms with E-state index >= 15 is 0 Å². The molecule has 0 radical (unpaired) electrons. The SMILES string of the molecule is CC1CC(NC(CO)CO)=CC(N)=N1. The van der Waals surface area contributed by atoms with Gasteiger partial charge in [0, 0.05) is 12.1 Å². The van der Waals surface area contributed by atoms with Gasteiger partial charge in [0.15, 0.2) is 0 Å². The molecule has 0 saturated carbocycles. The maximum Gasteiger partial charge on any atom is 0.120 e. The first-order chi connectivity index (χ1) is 6.65. The zero-order chi connectivity index (χ0) is 10.6. The standard InChI is InChI=1S/C9H17N3O2/c1-6-2-7(3-9(10)11-6)12-8(4-13)5-14/h3,6,8,12-14H,2,4-5H2,1H3,(H2,10,11). The Hall–Kier alpha value is -1.07. The highest BCUT2D eigenvalue weighted by Crippen LogP contribution is 2.11. The van der Waals surface area contributed by atoms with Gasteiger partial charge in [-0.1, -0.05) is 0 Å². The van der Waals surface area contributed by atoms with E-state index in [0.717, 1.165) is 12.1 Å². The van der Waals surface area contributed by atoms with Crippen molar-refractivity contribution >= 4 is 5.84 Å². The van der Waals surface area contributed by atoms with Crippen molar-refractivity contribution in [1.82, 2.24) is 5.32 Å². The molecular formula is C9H17N3O2. The van der Waals surface area contributed by atoms with Crippen molar-refractivity contribution in [3.63, 3.8) is 0 Å². The first-order valence-corrected chi connectivity index (χ1v) is 4.67. The molecule has 14 heavy (non-hydrogen) atoms. The number of aliphatic hydroxyl groups is 2. The largest absolute Gasteiger partial charge is 0.394 e. The molecule has 0 amide bonds. The summed E-state index contributed by atoms with van der Waals surface area (Å²) < 4.78 is 0. The lowest BCUT2D eigenvalue weighted by molar-refractivity contribution is 0.177. The normalized spacial score (nSPS) is 21.9. The fourth-order valence-electron chi connectivity index (χ4n) is 1.40. The first kappa shape index (κ1) is 11.0. The van der Waals surface area contributed by atoms with E-state index in [0.29, 0.717) is 5.84 Å². The van der Waals surface area contributed by atoms with Crippen LogP contribution in [0.5, 0.6) is 0 Å². The number of dihydropyridines is 1. The number of rotatable bonds is 4. The van der Waals surface area contributed by atoms with Crippen LogP contribution >= 0.6 is 0 Å². The molecule has 0 aliphatic carbocycles. The second-order valence-corrected chi connectivity index (χ2v) is 3.48. The Morgan fingerprint density at radius 1 is 1.64 bits per heavy atom. The number of nitrogens with one attached hydrogen (secondary N) is 1. The molecule has 0 fully saturated rings. The third-order valence-corrected chi connectivity index (χ3v) is 2.04. The molecule has 0 aromatic rings. The Bertz CT molecular complexity index is 246. The Labute approximate surface area is 83.3 Å². The average molecular weight is 199 g/mol. The highest BCUT2D eigenvalue weighted by atomic mass is 16.3. The van der Waals surface area contributed by atoms with Crippen molar-refractivity contribution in [2.24, 2.45) is 10.7 Å². The monoisotopic (exact) mass is 199 g/mol. The maximum absolute atomic E-state index is 8.88. The minimum Gasteiger partial charge on any atom is -0.394 e. The van der Waals surface area contributed by atoms with Crippen LogP contribution in [-0.2, 0) is 0 Å². The topological polar surface area (TPSA) is 90.9 Å². The molecular weight excluding hydrogens is 182 g/mol. The van der Waals surface area contributed by atoms with E-state index in [1.807, 2.05) is 6.92 Å². The van der Waals surface area contributed by atoms with Gasteiger partial charge in [-0.05, 0) is 13.0 Å². The molecule has 1 unspecified atom stereocenters. The lowest BCUT2D eigenvalue weighted by atomic mass is 10.1. The number of aliphatic imine (C=N–C) groups is 1. The molecule has 0 aromatic heterocycles. The summed E-state index contributed by atoms with van der Waals surface area (Å²) in [6, 6.07) is -0.167. The summed E-state index contributed by atoms with van der Waals surface area (Å²) in [7, 11) is 0. The number of aliphatic hydroxyl groups excluding tert-OH is 2. The number of hydrogen-bond donors (Lipinski definition) is 4. The van der Waals surface area contributed by atoms with Crippen LogP contribution in [0.1, 0.15) is 13.3 Å². The smallest absolute Gasteiger partial charge is 0.120 e. The fourth-order valence-corrected chi connectivity index (χ4v) is 1.40. The molecule has 5 N–H and O–H groups in total. The van der Waals surface area contributed by atoms with E-state index in [4.69, 9.17) is 15.9 Å². The molecule has 1 aliphatic rings. The van der Waals surface area contributed by atoms with Crippen molar-refractivity contribution in [2.75, 3.05) is 13.2 Å². The second-order valence-electron chi connectivity index (χ2n) is 3.48. The Balaban J connectivity index is 2.56. The predicted octanol–water partition coefficient (Wildman–Crippen LogP) is -1.04. The van der Waals surface area contributed by atoms with Crippen molar-refractivity contribution in [2.45, 2.75) is 25.4 Å². The van der Waals surface area contributed by atoms with E-state index in [9.17, 15) is 0 Å². The first-order valence-electron chi connectivity index (χ1n) is 4.67. The molecule has 0 spiro atoms. The highest BCUT2D eigenvalue weighted by molar-refractivity contribution is 5.92. The Morgan fingerprint density at radius 3 is 2.79 bits per heavy atom. The summed E-state index contributed by atoms with van der Waals surface area (Å²) in [6.07, 6.45) is 2.50. The van der Waals surface area contributed by atoms with Gasteiger partial charge in [-0.15, -0.1) is 0 Å². The van der Waals surface area contributed by atoms with Gasteiger partial charge in [0.2, 0.25) is 0 Å². The van der Waals surface area contributed by atoms with Gasteiger partial charge < -0.3 is 21.3 Å². The van der Waals surface area contributed by atoms with Gasteiger partial charge in [-0.3, -0.25) is 4.99 Å². The summed E-state index contributed by atoms with van der Waals surface area (Å²) in [5.74, 6) is 0.487. The summed E-state index contributed by atoms with van der Waals surface area (Å²) >= 11 is 0. The molecule has 5 heteroatoms. The minimum atomic E-state index is -0.320. The maximum atomic E-state index is 8.88. The van der Waals surface area contributed by atoms with Crippen molar-refractivity contribution in [3.8, 4) is 0 Å². The van der Waals surface area contributed by atoms with E-state index in [2.05, 4.69) is 10.3 Å². The molecule has 1 heterocycles. The average Bonchev–Trinajstić information content (AvgIpc) is 2.12. The van der Waals surface area contributed by atoms with Crippen molar-refractivity contribution < 1.29 is 10.2 Å². The summed E-state index contributed by atoms with van der Waals surface area (Å²) in [5, 5.41) is 20.8. The highest BCUT2D eigenvalue weighted by Gasteiger charge is 2.14. The lowest BCUT2D eigenvalue weighted by Gasteiger charge is -2.22. The minimum absolute atomic E-state index is 0.0979. The van der Waals surface area contributed by atoms with E-state index < -0.39 is 0 Å². The summed E-state index contributed by atoms with van der Waals surface area (Å²) in [4.78, 5) is 4.14. The van der Waals surface area contributed by atoms with Gasteiger partial charge >= 0.3 is 0 Å². The zero-order valence-corrected chi connectivity index (χ0v) is 8.27. The van der Waals surface area contributed by atoms with Crippen LogP contribution in [0.25, 0.3) is 0 Å². The molecule has 1 aliphatic heterocycles. The summed E-state index contributed by atoms with van der Waals surface area (Å²) in [6.45, 7) is 1.77. The van der Waals surface area contributed by atoms with Gasteiger partial charge in [-0.25, -0.2) is 0 Å². The van der Waals surface area contributed by atoms with Crippen LogP contribution in [0.3, 0.4) is 0 Å². The molecule has 5 nitrogen and oxygen atoms in total. The van der Waals surface area contributed by atoms with Crippen molar-refractivity contribution in [3.05, 3.63) is 11.8 Å². The zero-order valence-electron chi connectivity index (χ0n) is 8.27.